The van der Waals surface area contributed by atoms with Crippen LogP contribution in [0.15, 0.2) is 23.8 Å². The van der Waals surface area contributed by atoms with Gasteiger partial charge in [0.25, 0.3) is 0 Å². The third-order valence-electron chi connectivity index (χ3n) is 7.22. The van der Waals surface area contributed by atoms with Crippen molar-refractivity contribution < 1.29 is 34.1 Å². The van der Waals surface area contributed by atoms with Crippen molar-refractivity contribution in [3.8, 4) is 0 Å². The SMILES string of the molecule is CCC/C=C\C(=O)O[C@H]1C(C)(C)C[C@H]2[C@]1(O)C=C(C=O)[C@]13C[C@]21C(=O)O[C@H]3O. The van der Waals surface area contributed by atoms with Crippen molar-refractivity contribution in [3.63, 3.8) is 0 Å². The normalized spacial score (nSPS) is 45.0. The predicted octanol–water partition coefficient (Wildman–Crippen LogP) is 1.42. The van der Waals surface area contributed by atoms with E-state index in [4.69, 9.17) is 9.47 Å². The van der Waals surface area contributed by atoms with Crippen LogP contribution in [-0.2, 0) is 23.9 Å². The Balaban J connectivity index is 1.75. The number of hydrogen-bond donors (Lipinski definition) is 2. The summed E-state index contributed by atoms with van der Waals surface area (Å²) in [5.41, 5.74) is -4.43. The zero-order valence-corrected chi connectivity index (χ0v) is 16.3. The summed E-state index contributed by atoms with van der Waals surface area (Å²) < 4.78 is 10.7. The van der Waals surface area contributed by atoms with Gasteiger partial charge < -0.3 is 19.7 Å². The molecule has 3 aliphatic carbocycles. The summed E-state index contributed by atoms with van der Waals surface area (Å²) in [7, 11) is 0. The first kappa shape index (κ1) is 19.3. The molecule has 28 heavy (non-hydrogen) atoms. The van der Waals surface area contributed by atoms with Crippen molar-refractivity contribution in [2.24, 2.45) is 22.2 Å². The number of carbonyl (C=O) groups excluding carboxylic acids is 3. The van der Waals surface area contributed by atoms with E-state index in [9.17, 15) is 24.6 Å². The molecule has 1 saturated heterocycles. The second kappa shape index (κ2) is 5.76. The average molecular weight is 390 g/mol. The van der Waals surface area contributed by atoms with Gasteiger partial charge in [0.15, 0.2) is 0 Å². The van der Waals surface area contributed by atoms with E-state index in [-0.39, 0.29) is 12.0 Å². The van der Waals surface area contributed by atoms with Gasteiger partial charge in [0.2, 0.25) is 6.29 Å². The zero-order valence-electron chi connectivity index (χ0n) is 16.3. The number of aliphatic hydroxyl groups is 2. The first-order valence-electron chi connectivity index (χ1n) is 9.77. The number of cyclic esters (lactones) is 1. The maximum absolute atomic E-state index is 12.7. The van der Waals surface area contributed by atoms with Gasteiger partial charge in [0.05, 0.1) is 10.8 Å². The highest BCUT2D eigenvalue weighted by Crippen LogP contribution is 2.82. The van der Waals surface area contributed by atoms with Crippen LogP contribution in [0.4, 0.5) is 0 Å². The van der Waals surface area contributed by atoms with Crippen LogP contribution in [0, 0.1) is 22.2 Å². The molecule has 2 saturated carbocycles. The highest BCUT2D eigenvalue weighted by molar-refractivity contribution is 5.94. The third kappa shape index (κ3) is 2.09. The second-order valence-electron chi connectivity index (χ2n) is 9.24. The number of unbranched alkanes of at least 4 members (excludes halogenated alkanes) is 1. The van der Waals surface area contributed by atoms with Gasteiger partial charge in [0, 0.05) is 23.0 Å². The molecule has 6 atom stereocenters. The fourth-order valence-corrected chi connectivity index (χ4v) is 5.97. The fraction of sp³-hybridized carbons (Fsp3) is 0.667. The molecule has 3 fully saturated rings. The molecule has 7 heteroatoms. The van der Waals surface area contributed by atoms with Gasteiger partial charge in [-0.2, -0.15) is 0 Å². The Morgan fingerprint density at radius 3 is 2.75 bits per heavy atom. The van der Waals surface area contributed by atoms with Gasteiger partial charge >= 0.3 is 11.9 Å². The van der Waals surface area contributed by atoms with E-state index in [1.54, 1.807) is 6.08 Å². The maximum atomic E-state index is 12.7. The maximum Gasteiger partial charge on any atom is 0.330 e. The van der Waals surface area contributed by atoms with Gasteiger partial charge in [-0.1, -0.05) is 33.3 Å². The van der Waals surface area contributed by atoms with Gasteiger partial charge in [-0.25, -0.2) is 4.79 Å². The molecule has 1 aliphatic heterocycles. The molecule has 0 bridgehead atoms. The summed E-state index contributed by atoms with van der Waals surface area (Å²) in [6, 6.07) is 0. The van der Waals surface area contributed by atoms with Crippen LogP contribution in [0.3, 0.4) is 0 Å². The number of allylic oxidation sites excluding steroid dienone is 1. The van der Waals surface area contributed by atoms with Gasteiger partial charge in [-0.05, 0) is 25.3 Å². The van der Waals surface area contributed by atoms with Crippen LogP contribution in [0.2, 0.25) is 0 Å². The minimum absolute atomic E-state index is 0.143. The first-order valence-corrected chi connectivity index (χ1v) is 9.77. The van der Waals surface area contributed by atoms with E-state index in [1.165, 1.54) is 12.2 Å². The Morgan fingerprint density at radius 1 is 1.39 bits per heavy atom. The lowest BCUT2D eigenvalue weighted by molar-refractivity contribution is -0.169. The molecule has 4 aliphatic rings. The number of fused-ring (bicyclic) bond motifs is 1. The average Bonchev–Trinajstić information content (AvgIpc) is 3.24. The number of esters is 2. The van der Waals surface area contributed by atoms with Crippen molar-refractivity contribution in [2.75, 3.05) is 0 Å². The highest BCUT2D eigenvalue weighted by Gasteiger charge is 2.90. The standard InChI is InChI=1S/C21H26O7/c1-4-5-6-7-14(23)27-15-18(2,3)9-13-20-11-19(20,16(24)28-17(20)25)12(10-22)8-21(13,15)26/h6-8,10,13,15-16,24,26H,4-5,9,11H2,1-3H3/b7-6-/t13-,15+,16-,19+,20-,21-/m1/s1. The monoisotopic (exact) mass is 390 g/mol. The quantitative estimate of drug-likeness (QED) is 0.415. The molecule has 0 spiro atoms. The molecule has 0 unspecified atom stereocenters. The van der Waals surface area contributed by atoms with Crippen LogP contribution >= 0.6 is 0 Å². The minimum Gasteiger partial charge on any atom is -0.455 e. The molecule has 0 aromatic carbocycles. The summed E-state index contributed by atoms with van der Waals surface area (Å²) in [4.78, 5) is 36.8. The van der Waals surface area contributed by atoms with Crippen molar-refractivity contribution in [2.45, 2.75) is 64.4 Å². The van der Waals surface area contributed by atoms with Gasteiger partial charge in [0.1, 0.15) is 18.0 Å². The molecule has 4 rings (SSSR count). The molecule has 7 nitrogen and oxygen atoms in total. The Hall–Kier alpha value is -1.99. The van der Waals surface area contributed by atoms with E-state index in [1.807, 2.05) is 20.8 Å². The summed E-state index contributed by atoms with van der Waals surface area (Å²) in [5, 5.41) is 22.0. The van der Waals surface area contributed by atoms with Crippen molar-refractivity contribution in [1.82, 2.24) is 0 Å². The molecule has 2 N–H and O–H groups in total. The van der Waals surface area contributed by atoms with Crippen LogP contribution in [0.25, 0.3) is 0 Å². The largest absolute Gasteiger partial charge is 0.455 e. The van der Waals surface area contributed by atoms with E-state index in [0.717, 1.165) is 12.8 Å². The predicted molar refractivity (Wildman–Crippen MR) is 96.5 cm³/mol. The Morgan fingerprint density at radius 2 is 2.11 bits per heavy atom. The molecule has 0 amide bonds. The molecular weight excluding hydrogens is 364 g/mol. The summed E-state index contributed by atoms with van der Waals surface area (Å²) >= 11 is 0. The number of hydrogen-bond acceptors (Lipinski definition) is 7. The summed E-state index contributed by atoms with van der Waals surface area (Å²) in [6.45, 7) is 5.72. The van der Waals surface area contributed by atoms with Gasteiger partial charge in [-0.3, -0.25) is 9.59 Å². The molecular formula is C21H26O7. The van der Waals surface area contributed by atoms with E-state index in [2.05, 4.69) is 0 Å². The zero-order chi connectivity index (χ0) is 20.5. The molecule has 152 valence electrons. The number of aldehydes is 1. The minimum atomic E-state index is -1.68. The number of carbonyl (C=O) groups is 3. The van der Waals surface area contributed by atoms with Crippen LogP contribution in [0.1, 0.15) is 46.5 Å². The Bertz CT molecular complexity index is 812. The molecule has 1 heterocycles. The highest BCUT2D eigenvalue weighted by atomic mass is 16.6. The van der Waals surface area contributed by atoms with Crippen molar-refractivity contribution in [3.05, 3.63) is 23.8 Å². The second-order valence-corrected chi connectivity index (χ2v) is 9.24. The van der Waals surface area contributed by atoms with E-state index in [0.29, 0.717) is 12.7 Å². The van der Waals surface area contributed by atoms with Crippen LogP contribution in [0.5, 0.6) is 0 Å². The first-order chi connectivity index (χ1) is 13.1. The Labute approximate surface area is 163 Å². The summed E-state index contributed by atoms with van der Waals surface area (Å²) in [6.07, 6.45) is 4.96. The van der Waals surface area contributed by atoms with Crippen molar-refractivity contribution >= 4 is 18.2 Å². The van der Waals surface area contributed by atoms with Gasteiger partial charge in [-0.15, -0.1) is 0 Å². The molecule has 0 radical (unpaired) electrons. The lowest BCUT2D eigenvalue weighted by Crippen LogP contribution is -2.53. The lowest BCUT2D eigenvalue weighted by atomic mass is 9.66. The lowest BCUT2D eigenvalue weighted by Gasteiger charge is -2.40. The summed E-state index contributed by atoms with van der Waals surface area (Å²) in [5.74, 6) is -1.77. The smallest absolute Gasteiger partial charge is 0.330 e. The van der Waals surface area contributed by atoms with Crippen molar-refractivity contribution in [1.29, 1.82) is 0 Å². The topological polar surface area (TPSA) is 110 Å². The van der Waals surface area contributed by atoms with Crippen LogP contribution < -0.4 is 0 Å². The number of rotatable bonds is 5. The van der Waals surface area contributed by atoms with Crippen LogP contribution in [-0.4, -0.2) is 46.4 Å². The third-order valence-corrected chi connectivity index (χ3v) is 7.22. The molecule has 0 aromatic rings. The number of aliphatic hydroxyl groups excluding tert-OH is 1. The molecule has 0 aromatic heterocycles. The Kier molecular flexibility index (Phi) is 3.98. The fourth-order valence-electron chi connectivity index (χ4n) is 5.97. The number of ether oxygens (including phenoxy) is 2. The van der Waals surface area contributed by atoms with E-state index < -0.39 is 52.1 Å². The van der Waals surface area contributed by atoms with E-state index >= 15 is 0 Å².